The van der Waals surface area contributed by atoms with Gasteiger partial charge in [-0.15, -0.1) is 6.58 Å². The molecule has 0 saturated heterocycles. The lowest BCUT2D eigenvalue weighted by Gasteiger charge is -2.10. The van der Waals surface area contributed by atoms with Crippen LogP contribution in [0.25, 0.3) is 0 Å². The van der Waals surface area contributed by atoms with E-state index < -0.39 is 0 Å². The second-order valence-corrected chi connectivity index (χ2v) is 5.43. The summed E-state index contributed by atoms with van der Waals surface area (Å²) >= 11 is 0. The molecule has 0 aliphatic heterocycles. The Balaban J connectivity index is 1.90. The van der Waals surface area contributed by atoms with Crippen molar-refractivity contribution in [2.24, 2.45) is 17.8 Å². The summed E-state index contributed by atoms with van der Waals surface area (Å²) in [6, 6.07) is 0. The summed E-state index contributed by atoms with van der Waals surface area (Å²) in [5.74, 6) is 3.15. The van der Waals surface area contributed by atoms with Crippen molar-refractivity contribution in [2.45, 2.75) is 65.2 Å². The molecule has 0 spiro atoms. The highest BCUT2D eigenvalue weighted by Crippen LogP contribution is 2.45. The van der Waals surface area contributed by atoms with Crippen molar-refractivity contribution in [3.63, 3.8) is 0 Å². The fraction of sp³-hybridized carbons (Fsp3) is 0.867. The summed E-state index contributed by atoms with van der Waals surface area (Å²) in [7, 11) is 0. The van der Waals surface area contributed by atoms with Crippen LogP contribution < -0.4 is 0 Å². The second-order valence-electron chi connectivity index (χ2n) is 5.43. The van der Waals surface area contributed by atoms with Crippen molar-refractivity contribution < 1.29 is 0 Å². The van der Waals surface area contributed by atoms with Gasteiger partial charge in [-0.05, 0) is 43.4 Å². The molecule has 1 aliphatic carbocycles. The van der Waals surface area contributed by atoms with E-state index in [0.717, 1.165) is 17.8 Å². The van der Waals surface area contributed by atoms with E-state index in [1.165, 1.54) is 51.4 Å². The summed E-state index contributed by atoms with van der Waals surface area (Å²) < 4.78 is 0. The van der Waals surface area contributed by atoms with Gasteiger partial charge in [0.25, 0.3) is 0 Å². The van der Waals surface area contributed by atoms with Gasteiger partial charge in [0.05, 0.1) is 0 Å². The predicted octanol–water partition coefficient (Wildman–Crippen LogP) is 5.20. The molecule has 0 bridgehead atoms. The summed E-state index contributed by atoms with van der Waals surface area (Å²) in [6.07, 6.45) is 13.3. The van der Waals surface area contributed by atoms with E-state index in [0.29, 0.717) is 0 Å². The molecule has 0 aromatic carbocycles. The largest absolute Gasteiger partial charge is 0.103 e. The van der Waals surface area contributed by atoms with Crippen LogP contribution >= 0.6 is 0 Å². The molecule has 1 fully saturated rings. The first-order valence-electron chi connectivity index (χ1n) is 6.88. The number of hydrogen-bond donors (Lipinski definition) is 0. The average molecular weight is 208 g/mol. The molecule has 0 radical (unpaired) electrons. The fourth-order valence-electron chi connectivity index (χ4n) is 2.69. The van der Waals surface area contributed by atoms with Crippen LogP contribution in [0.4, 0.5) is 0 Å². The van der Waals surface area contributed by atoms with Crippen LogP contribution in [-0.4, -0.2) is 0 Å². The van der Waals surface area contributed by atoms with E-state index in [-0.39, 0.29) is 0 Å². The van der Waals surface area contributed by atoms with Crippen LogP contribution in [0.2, 0.25) is 0 Å². The molecule has 0 N–H and O–H groups in total. The monoisotopic (exact) mass is 208 g/mol. The quantitative estimate of drug-likeness (QED) is 0.361. The Morgan fingerprint density at radius 3 is 2.67 bits per heavy atom. The Morgan fingerprint density at radius 1 is 1.27 bits per heavy atom. The van der Waals surface area contributed by atoms with Gasteiger partial charge in [0.2, 0.25) is 0 Å². The smallest absolute Gasteiger partial charge is 0.0353 e. The van der Waals surface area contributed by atoms with Crippen LogP contribution in [0, 0.1) is 17.8 Å². The first kappa shape index (κ1) is 12.8. The van der Waals surface area contributed by atoms with Crippen molar-refractivity contribution in [3.8, 4) is 0 Å². The normalized spacial score (nSPS) is 26.3. The van der Waals surface area contributed by atoms with Gasteiger partial charge in [-0.2, -0.15) is 0 Å². The predicted molar refractivity (Wildman–Crippen MR) is 69.0 cm³/mol. The minimum Gasteiger partial charge on any atom is -0.103 e. The van der Waals surface area contributed by atoms with E-state index in [2.05, 4.69) is 20.4 Å². The van der Waals surface area contributed by atoms with Crippen LogP contribution in [0.15, 0.2) is 12.7 Å². The third-order valence-corrected chi connectivity index (χ3v) is 3.90. The van der Waals surface area contributed by atoms with E-state index in [1.807, 2.05) is 6.08 Å². The topological polar surface area (TPSA) is 0 Å². The van der Waals surface area contributed by atoms with Gasteiger partial charge in [0.1, 0.15) is 0 Å². The molecule has 0 heteroatoms. The van der Waals surface area contributed by atoms with Gasteiger partial charge in [0.15, 0.2) is 0 Å². The maximum atomic E-state index is 3.76. The van der Waals surface area contributed by atoms with E-state index in [4.69, 9.17) is 0 Å². The molecular formula is C15H28. The highest BCUT2D eigenvalue weighted by Gasteiger charge is 2.35. The molecule has 1 saturated carbocycles. The Hall–Kier alpha value is -0.260. The molecule has 1 aliphatic rings. The average Bonchev–Trinajstić information content (AvgIpc) is 2.96. The number of hydrogen-bond acceptors (Lipinski definition) is 0. The van der Waals surface area contributed by atoms with Crippen LogP contribution in [0.3, 0.4) is 0 Å². The van der Waals surface area contributed by atoms with E-state index in [1.54, 1.807) is 0 Å². The van der Waals surface area contributed by atoms with Gasteiger partial charge in [-0.25, -0.2) is 0 Å². The molecule has 15 heavy (non-hydrogen) atoms. The SMILES string of the molecule is C=CCCCCCC(C)CC1CC1CC. The van der Waals surface area contributed by atoms with Gasteiger partial charge in [-0.1, -0.05) is 45.6 Å². The first-order chi connectivity index (χ1) is 7.27. The maximum Gasteiger partial charge on any atom is -0.0353 e. The van der Waals surface area contributed by atoms with Gasteiger partial charge >= 0.3 is 0 Å². The van der Waals surface area contributed by atoms with Crippen molar-refractivity contribution in [3.05, 3.63) is 12.7 Å². The van der Waals surface area contributed by atoms with Gasteiger partial charge in [0, 0.05) is 0 Å². The van der Waals surface area contributed by atoms with Crippen LogP contribution in [-0.2, 0) is 0 Å². The Labute approximate surface area is 96.2 Å². The number of allylic oxidation sites excluding steroid dienone is 1. The third-order valence-electron chi connectivity index (χ3n) is 3.90. The van der Waals surface area contributed by atoms with Crippen molar-refractivity contribution in [1.29, 1.82) is 0 Å². The van der Waals surface area contributed by atoms with Crippen molar-refractivity contribution in [1.82, 2.24) is 0 Å². The molecule has 0 aromatic heterocycles. The van der Waals surface area contributed by atoms with Crippen LogP contribution in [0.1, 0.15) is 65.2 Å². The maximum absolute atomic E-state index is 3.76. The molecular weight excluding hydrogens is 180 g/mol. The standard InChI is InChI=1S/C15H28/c1-4-6-7-8-9-10-13(3)11-15-12-14(15)5-2/h4,13-15H,1,5-12H2,2-3H3. The summed E-state index contributed by atoms with van der Waals surface area (Å²) in [4.78, 5) is 0. The minimum atomic E-state index is 0.968. The number of unbranched alkanes of at least 4 members (excludes halogenated alkanes) is 3. The van der Waals surface area contributed by atoms with E-state index >= 15 is 0 Å². The lowest BCUT2D eigenvalue weighted by molar-refractivity contribution is 0.424. The third kappa shape index (κ3) is 5.39. The zero-order valence-corrected chi connectivity index (χ0v) is 10.7. The molecule has 0 nitrogen and oxygen atoms in total. The van der Waals surface area contributed by atoms with Crippen molar-refractivity contribution >= 4 is 0 Å². The lowest BCUT2D eigenvalue weighted by Crippen LogP contribution is -1.97. The zero-order valence-electron chi connectivity index (χ0n) is 10.7. The second kappa shape index (κ2) is 7.09. The zero-order chi connectivity index (χ0) is 11.1. The first-order valence-corrected chi connectivity index (χ1v) is 6.88. The molecule has 0 aromatic rings. The van der Waals surface area contributed by atoms with E-state index in [9.17, 15) is 0 Å². The molecule has 1 rings (SSSR count). The number of rotatable bonds is 9. The molecule has 88 valence electrons. The summed E-state index contributed by atoms with van der Waals surface area (Å²) in [5, 5.41) is 0. The summed E-state index contributed by atoms with van der Waals surface area (Å²) in [5.41, 5.74) is 0. The Morgan fingerprint density at radius 2 is 2.07 bits per heavy atom. The summed E-state index contributed by atoms with van der Waals surface area (Å²) in [6.45, 7) is 8.54. The Kier molecular flexibility index (Phi) is 6.05. The lowest BCUT2D eigenvalue weighted by atomic mass is 9.96. The highest BCUT2D eigenvalue weighted by molar-refractivity contribution is 4.85. The van der Waals surface area contributed by atoms with Crippen LogP contribution in [0.5, 0.6) is 0 Å². The molecule has 0 heterocycles. The van der Waals surface area contributed by atoms with Crippen molar-refractivity contribution in [2.75, 3.05) is 0 Å². The fourth-order valence-corrected chi connectivity index (χ4v) is 2.69. The van der Waals surface area contributed by atoms with Gasteiger partial charge < -0.3 is 0 Å². The Bertz CT molecular complexity index is 171. The highest BCUT2D eigenvalue weighted by atomic mass is 14.4. The molecule has 3 atom stereocenters. The van der Waals surface area contributed by atoms with Gasteiger partial charge in [-0.3, -0.25) is 0 Å². The minimum absolute atomic E-state index is 0.968. The molecule has 0 amide bonds. The molecule has 3 unspecified atom stereocenters.